The first-order chi connectivity index (χ1) is 12.5. The molecule has 1 fully saturated rings. The molecule has 0 radical (unpaired) electrons. The number of halogens is 2. The highest BCUT2D eigenvalue weighted by atomic mass is 35.5. The van der Waals surface area contributed by atoms with Crippen molar-refractivity contribution in [3.63, 3.8) is 0 Å². The zero-order valence-electron chi connectivity index (χ0n) is 14.2. The molecule has 138 valence electrons. The number of para-hydroxylation sites is 1. The lowest BCUT2D eigenvalue weighted by molar-refractivity contribution is 0.251. The van der Waals surface area contributed by atoms with Crippen LogP contribution < -0.4 is 15.4 Å². The number of hydrogen-bond acceptors (Lipinski definition) is 4. The third kappa shape index (κ3) is 5.19. The van der Waals surface area contributed by atoms with Gasteiger partial charge in [-0.25, -0.2) is 9.78 Å². The van der Waals surface area contributed by atoms with Gasteiger partial charge < -0.3 is 15.4 Å². The number of anilines is 1. The van der Waals surface area contributed by atoms with E-state index in [2.05, 4.69) is 15.6 Å². The van der Waals surface area contributed by atoms with Crippen molar-refractivity contribution in [3.8, 4) is 5.88 Å². The summed E-state index contributed by atoms with van der Waals surface area (Å²) in [7, 11) is 1.56. The quantitative estimate of drug-likeness (QED) is 0.511. The van der Waals surface area contributed by atoms with Gasteiger partial charge in [0.1, 0.15) is 4.33 Å². The molecule has 2 N–H and O–H groups in total. The summed E-state index contributed by atoms with van der Waals surface area (Å²) >= 11 is 13.8. The van der Waals surface area contributed by atoms with Crippen LogP contribution in [0.4, 0.5) is 10.5 Å². The molecule has 1 aliphatic carbocycles. The Bertz CT molecular complexity index is 771. The maximum Gasteiger partial charge on any atom is 0.319 e. The van der Waals surface area contributed by atoms with Crippen molar-refractivity contribution in [2.24, 2.45) is 5.92 Å². The van der Waals surface area contributed by atoms with Gasteiger partial charge >= 0.3 is 6.03 Å². The second-order valence-electron chi connectivity index (χ2n) is 5.99. The molecular weight excluding hydrogens is 393 g/mol. The van der Waals surface area contributed by atoms with E-state index in [0.29, 0.717) is 18.3 Å². The molecule has 3 rings (SSSR count). The predicted molar refractivity (Wildman–Crippen MR) is 106 cm³/mol. The van der Waals surface area contributed by atoms with Crippen LogP contribution in [0.3, 0.4) is 0 Å². The van der Waals surface area contributed by atoms with E-state index >= 15 is 0 Å². The predicted octanol–water partition coefficient (Wildman–Crippen LogP) is 4.70. The number of nitrogens with one attached hydrogen (secondary N) is 2. The third-order valence-corrected chi connectivity index (χ3v) is 6.15. The van der Waals surface area contributed by atoms with Crippen molar-refractivity contribution >= 4 is 46.7 Å². The van der Waals surface area contributed by atoms with Gasteiger partial charge in [0, 0.05) is 35.4 Å². The molecule has 0 aliphatic heterocycles. The van der Waals surface area contributed by atoms with Crippen molar-refractivity contribution in [3.05, 3.63) is 48.2 Å². The Balaban J connectivity index is 1.51. The Morgan fingerprint density at radius 2 is 2.12 bits per heavy atom. The number of methoxy groups -OCH3 is 1. The minimum absolute atomic E-state index is 0.274. The van der Waals surface area contributed by atoms with E-state index in [9.17, 15) is 4.79 Å². The summed E-state index contributed by atoms with van der Waals surface area (Å²) in [5.41, 5.74) is 1.65. The molecule has 8 heteroatoms. The largest absolute Gasteiger partial charge is 0.481 e. The molecule has 1 unspecified atom stereocenters. The van der Waals surface area contributed by atoms with Crippen LogP contribution >= 0.6 is 35.0 Å². The second-order valence-corrected chi connectivity index (χ2v) is 8.59. The van der Waals surface area contributed by atoms with Crippen molar-refractivity contribution in [1.82, 2.24) is 10.3 Å². The summed E-state index contributed by atoms with van der Waals surface area (Å²) in [6.07, 6.45) is 2.48. The summed E-state index contributed by atoms with van der Waals surface area (Å²) < 4.78 is 4.43. The molecule has 1 aliphatic rings. The number of thioether (sulfide) groups is 1. The molecule has 5 nitrogen and oxygen atoms in total. The van der Waals surface area contributed by atoms with Crippen LogP contribution in [0.25, 0.3) is 0 Å². The SMILES string of the molecule is COc1ccc(CNC(=O)Nc2ccccc2SCC2CC2(Cl)Cl)cn1. The number of rotatable bonds is 7. The number of amides is 2. The third-order valence-electron chi connectivity index (χ3n) is 3.99. The Hall–Kier alpha value is -1.63. The van der Waals surface area contributed by atoms with E-state index in [1.807, 2.05) is 30.3 Å². The summed E-state index contributed by atoms with van der Waals surface area (Å²) in [5.74, 6) is 1.66. The van der Waals surface area contributed by atoms with Crippen LogP contribution in [0.15, 0.2) is 47.5 Å². The number of aromatic nitrogens is 1. The molecule has 1 saturated carbocycles. The van der Waals surface area contributed by atoms with Crippen LogP contribution in [-0.4, -0.2) is 28.2 Å². The van der Waals surface area contributed by atoms with E-state index in [1.54, 1.807) is 31.1 Å². The Labute approximate surface area is 166 Å². The molecule has 1 atom stereocenters. The molecule has 1 heterocycles. The number of pyridine rings is 1. The molecule has 2 amide bonds. The van der Waals surface area contributed by atoms with Crippen LogP contribution in [0.2, 0.25) is 0 Å². The lowest BCUT2D eigenvalue weighted by atomic mass is 10.3. The smallest absolute Gasteiger partial charge is 0.319 e. The lowest BCUT2D eigenvalue weighted by Gasteiger charge is -2.12. The van der Waals surface area contributed by atoms with Crippen molar-refractivity contribution in [1.29, 1.82) is 0 Å². The molecular formula is C18H19Cl2N3O2S. The minimum atomic E-state index is -0.584. The maximum atomic E-state index is 12.2. The molecule has 0 spiro atoms. The van der Waals surface area contributed by atoms with E-state index in [0.717, 1.165) is 28.3 Å². The van der Waals surface area contributed by atoms with Crippen LogP contribution in [-0.2, 0) is 6.54 Å². The Kier molecular flexibility index (Phi) is 6.16. The molecule has 1 aromatic heterocycles. The highest BCUT2D eigenvalue weighted by Gasteiger charge is 2.51. The number of alkyl halides is 2. The fourth-order valence-corrected chi connectivity index (χ4v) is 4.26. The highest BCUT2D eigenvalue weighted by molar-refractivity contribution is 7.99. The highest BCUT2D eigenvalue weighted by Crippen LogP contribution is 2.55. The van der Waals surface area contributed by atoms with Crippen LogP contribution in [0.5, 0.6) is 5.88 Å². The topological polar surface area (TPSA) is 63.2 Å². The van der Waals surface area contributed by atoms with Gasteiger partial charge in [-0.05, 0) is 24.1 Å². The zero-order valence-corrected chi connectivity index (χ0v) is 16.5. The average Bonchev–Trinajstić information content (AvgIpc) is 3.26. The summed E-state index contributed by atoms with van der Waals surface area (Å²) in [6, 6.07) is 11.0. The number of nitrogens with zero attached hydrogens (tertiary/aromatic N) is 1. The maximum absolute atomic E-state index is 12.2. The molecule has 2 aromatic rings. The molecule has 1 aromatic carbocycles. The van der Waals surface area contributed by atoms with Crippen molar-refractivity contribution in [2.75, 3.05) is 18.2 Å². The van der Waals surface area contributed by atoms with Gasteiger partial charge in [-0.3, -0.25) is 0 Å². The number of urea groups is 1. The van der Waals surface area contributed by atoms with Crippen molar-refractivity contribution in [2.45, 2.75) is 22.2 Å². The number of hydrogen-bond donors (Lipinski definition) is 2. The number of ether oxygens (including phenoxy) is 1. The van der Waals surface area contributed by atoms with Crippen molar-refractivity contribution < 1.29 is 9.53 Å². The summed E-state index contributed by atoms with van der Waals surface area (Å²) in [5, 5.41) is 5.71. The normalized spacial score (nSPS) is 17.4. The summed E-state index contributed by atoms with van der Waals surface area (Å²) in [6.45, 7) is 0.376. The van der Waals surface area contributed by atoms with E-state index in [4.69, 9.17) is 27.9 Å². The first-order valence-corrected chi connectivity index (χ1v) is 9.85. The van der Waals surface area contributed by atoms with E-state index in [1.165, 1.54) is 0 Å². The van der Waals surface area contributed by atoms with Gasteiger partial charge in [0.2, 0.25) is 5.88 Å². The van der Waals surface area contributed by atoms with Gasteiger partial charge in [-0.15, -0.1) is 35.0 Å². The molecule has 0 bridgehead atoms. The first kappa shape index (κ1) is 19.1. The number of carbonyl (C=O) groups is 1. The fourth-order valence-electron chi connectivity index (χ4n) is 2.32. The second kappa shape index (κ2) is 8.37. The van der Waals surface area contributed by atoms with Gasteiger partial charge in [-0.1, -0.05) is 18.2 Å². The van der Waals surface area contributed by atoms with Gasteiger partial charge in [0.25, 0.3) is 0 Å². The average molecular weight is 412 g/mol. The number of carbonyl (C=O) groups excluding carboxylic acids is 1. The first-order valence-electron chi connectivity index (χ1n) is 8.11. The van der Waals surface area contributed by atoms with Gasteiger partial charge in [0.15, 0.2) is 0 Å². The van der Waals surface area contributed by atoms with Crippen LogP contribution in [0, 0.1) is 5.92 Å². The standard InChI is InChI=1S/C18H19Cl2N3O2S/c1-25-16-7-6-12(9-21-16)10-22-17(24)23-14-4-2-3-5-15(14)26-11-13-8-18(13,19)20/h2-7,9,13H,8,10-11H2,1H3,(H2,22,23,24). The number of benzene rings is 1. The van der Waals surface area contributed by atoms with Gasteiger partial charge in [0.05, 0.1) is 12.8 Å². The van der Waals surface area contributed by atoms with E-state index in [-0.39, 0.29) is 6.03 Å². The molecule has 0 saturated heterocycles. The molecule has 26 heavy (non-hydrogen) atoms. The van der Waals surface area contributed by atoms with Crippen LogP contribution in [0.1, 0.15) is 12.0 Å². The Morgan fingerprint density at radius 1 is 1.35 bits per heavy atom. The minimum Gasteiger partial charge on any atom is -0.481 e. The Morgan fingerprint density at radius 3 is 2.77 bits per heavy atom. The van der Waals surface area contributed by atoms with E-state index < -0.39 is 4.33 Å². The fraction of sp³-hybridized carbons (Fsp3) is 0.333. The summed E-state index contributed by atoms with van der Waals surface area (Å²) in [4.78, 5) is 17.3. The monoisotopic (exact) mass is 411 g/mol. The van der Waals surface area contributed by atoms with Gasteiger partial charge in [-0.2, -0.15) is 0 Å². The lowest BCUT2D eigenvalue weighted by Crippen LogP contribution is -2.28. The zero-order chi connectivity index (χ0) is 18.6.